The average molecular weight is 299 g/mol. The monoisotopic (exact) mass is 299 g/mol. The largest absolute Gasteiger partial charge is 0.469 e. The summed E-state index contributed by atoms with van der Waals surface area (Å²) < 4.78 is 5.32. The second-order valence-corrected chi connectivity index (χ2v) is 5.93. The lowest BCUT2D eigenvalue weighted by Crippen LogP contribution is -2.44. The van der Waals surface area contributed by atoms with Crippen LogP contribution in [0.15, 0.2) is 58.1 Å². The number of rotatable bonds is 6. The average Bonchev–Trinajstić information content (AvgIpc) is 3.05. The van der Waals surface area contributed by atoms with E-state index < -0.39 is 0 Å². The van der Waals surface area contributed by atoms with Crippen molar-refractivity contribution in [3.8, 4) is 0 Å². The first-order valence-electron chi connectivity index (χ1n) is 7.64. The van der Waals surface area contributed by atoms with Crippen molar-refractivity contribution in [3.05, 3.63) is 60.1 Å². The molecule has 0 saturated heterocycles. The summed E-state index contributed by atoms with van der Waals surface area (Å²) >= 11 is 0. The van der Waals surface area contributed by atoms with Gasteiger partial charge in [0.15, 0.2) is 5.96 Å². The van der Waals surface area contributed by atoms with Crippen molar-refractivity contribution in [1.29, 1.82) is 0 Å². The molecule has 0 saturated carbocycles. The summed E-state index contributed by atoms with van der Waals surface area (Å²) in [4.78, 5) is 4.27. The van der Waals surface area contributed by atoms with E-state index in [4.69, 9.17) is 4.42 Å². The van der Waals surface area contributed by atoms with Gasteiger partial charge in [0.2, 0.25) is 0 Å². The molecule has 2 rings (SSSR count). The van der Waals surface area contributed by atoms with E-state index in [-0.39, 0.29) is 5.41 Å². The van der Waals surface area contributed by atoms with E-state index >= 15 is 0 Å². The fourth-order valence-corrected chi connectivity index (χ4v) is 2.28. The van der Waals surface area contributed by atoms with Crippen LogP contribution >= 0.6 is 0 Å². The molecule has 1 heterocycles. The molecule has 0 atom stereocenters. The number of hydrogen-bond donors (Lipinski definition) is 2. The summed E-state index contributed by atoms with van der Waals surface area (Å²) in [6, 6.07) is 14.4. The van der Waals surface area contributed by atoms with Crippen molar-refractivity contribution in [2.45, 2.75) is 25.7 Å². The van der Waals surface area contributed by atoms with E-state index in [0.717, 1.165) is 31.2 Å². The Morgan fingerprint density at radius 1 is 1.09 bits per heavy atom. The first kappa shape index (κ1) is 16.1. The third kappa shape index (κ3) is 4.65. The first-order chi connectivity index (χ1) is 10.6. The molecule has 0 spiro atoms. The number of nitrogens with zero attached hydrogens (tertiary/aromatic N) is 1. The van der Waals surface area contributed by atoms with Crippen LogP contribution in [0.1, 0.15) is 25.2 Å². The fourth-order valence-electron chi connectivity index (χ4n) is 2.28. The van der Waals surface area contributed by atoms with Crippen LogP contribution in [0.3, 0.4) is 0 Å². The SMILES string of the molecule is CN=C(NCCc1ccco1)NCC(C)(C)c1ccccc1. The highest BCUT2D eigenvalue weighted by Gasteiger charge is 2.20. The van der Waals surface area contributed by atoms with Gasteiger partial charge in [-0.1, -0.05) is 44.2 Å². The number of benzene rings is 1. The molecule has 0 aliphatic heterocycles. The summed E-state index contributed by atoms with van der Waals surface area (Å²) in [6.07, 6.45) is 2.54. The maximum Gasteiger partial charge on any atom is 0.191 e. The van der Waals surface area contributed by atoms with E-state index in [0.29, 0.717) is 0 Å². The Kier molecular flexibility index (Phi) is 5.64. The Bertz CT molecular complexity index is 574. The Labute approximate surface area is 132 Å². The highest BCUT2D eigenvalue weighted by Crippen LogP contribution is 2.21. The van der Waals surface area contributed by atoms with Crippen LogP contribution in [0.25, 0.3) is 0 Å². The molecule has 0 fully saturated rings. The Morgan fingerprint density at radius 3 is 2.50 bits per heavy atom. The third-order valence-electron chi connectivity index (χ3n) is 3.72. The van der Waals surface area contributed by atoms with Crippen molar-refractivity contribution in [2.24, 2.45) is 4.99 Å². The highest BCUT2D eigenvalue weighted by molar-refractivity contribution is 5.79. The van der Waals surface area contributed by atoms with Gasteiger partial charge in [-0.25, -0.2) is 0 Å². The molecule has 0 bridgehead atoms. The van der Waals surface area contributed by atoms with Crippen LogP contribution in [-0.4, -0.2) is 26.1 Å². The van der Waals surface area contributed by atoms with Crippen LogP contribution in [0, 0.1) is 0 Å². The van der Waals surface area contributed by atoms with Crippen molar-refractivity contribution in [1.82, 2.24) is 10.6 Å². The maximum absolute atomic E-state index is 5.32. The van der Waals surface area contributed by atoms with Crippen molar-refractivity contribution >= 4 is 5.96 Å². The molecule has 2 aromatic rings. The summed E-state index contributed by atoms with van der Waals surface area (Å²) in [7, 11) is 1.79. The molecular formula is C18H25N3O. The van der Waals surface area contributed by atoms with Crippen LogP contribution in [0.4, 0.5) is 0 Å². The quantitative estimate of drug-likeness (QED) is 0.637. The van der Waals surface area contributed by atoms with Gasteiger partial charge in [-0.05, 0) is 17.7 Å². The molecule has 0 unspecified atom stereocenters. The molecule has 4 heteroatoms. The Balaban J connectivity index is 1.80. The van der Waals surface area contributed by atoms with Crippen LogP contribution in [0.2, 0.25) is 0 Å². The standard InChI is InChI=1S/C18H25N3O/c1-18(2,15-8-5-4-6-9-15)14-21-17(19-3)20-12-11-16-10-7-13-22-16/h4-10,13H,11-12,14H2,1-3H3,(H2,19,20,21). The smallest absolute Gasteiger partial charge is 0.191 e. The lowest BCUT2D eigenvalue weighted by molar-refractivity contribution is 0.499. The summed E-state index contributed by atoms with van der Waals surface area (Å²) in [6.45, 7) is 6.06. The number of aliphatic imine (C=N–C) groups is 1. The minimum Gasteiger partial charge on any atom is -0.469 e. The molecule has 1 aromatic heterocycles. The normalized spacial score (nSPS) is 12.2. The molecule has 1 aromatic carbocycles. The summed E-state index contributed by atoms with van der Waals surface area (Å²) in [5.41, 5.74) is 1.36. The van der Waals surface area contributed by atoms with Crippen molar-refractivity contribution in [3.63, 3.8) is 0 Å². The van der Waals surface area contributed by atoms with Gasteiger partial charge >= 0.3 is 0 Å². The summed E-state index contributed by atoms with van der Waals surface area (Å²) in [5, 5.41) is 6.71. The Morgan fingerprint density at radius 2 is 1.86 bits per heavy atom. The lowest BCUT2D eigenvalue weighted by atomic mass is 9.85. The van der Waals surface area contributed by atoms with E-state index in [2.05, 4.69) is 53.7 Å². The molecule has 4 nitrogen and oxygen atoms in total. The van der Waals surface area contributed by atoms with Gasteiger partial charge in [0, 0.05) is 32.0 Å². The molecule has 0 aliphatic carbocycles. The molecule has 2 N–H and O–H groups in total. The van der Waals surface area contributed by atoms with Gasteiger partial charge in [0.25, 0.3) is 0 Å². The van der Waals surface area contributed by atoms with E-state index in [1.807, 2.05) is 18.2 Å². The number of furan rings is 1. The van der Waals surface area contributed by atoms with Crippen LogP contribution < -0.4 is 10.6 Å². The summed E-state index contributed by atoms with van der Waals surface area (Å²) in [5.74, 6) is 1.79. The van der Waals surface area contributed by atoms with Gasteiger partial charge < -0.3 is 15.1 Å². The second-order valence-electron chi connectivity index (χ2n) is 5.93. The zero-order valence-electron chi connectivity index (χ0n) is 13.6. The molecule has 118 valence electrons. The molecular weight excluding hydrogens is 274 g/mol. The fraction of sp³-hybridized carbons (Fsp3) is 0.389. The molecule has 0 radical (unpaired) electrons. The maximum atomic E-state index is 5.32. The minimum atomic E-state index is 0.0416. The predicted molar refractivity (Wildman–Crippen MR) is 91.2 cm³/mol. The van der Waals surface area contributed by atoms with Gasteiger partial charge in [-0.15, -0.1) is 0 Å². The predicted octanol–water partition coefficient (Wildman–Crippen LogP) is 2.96. The second kappa shape index (κ2) is 7.69. The van der Waals surface area contributed by atoms with Crippen molar-refractivity contribution in [2.75, 3.05) is 20.1 Å². The van der Waals surface area contributed by atoms with Gasteiger partial charge in [0.05, 0.1) is 6.26 Å². The number of nitrogens with one attached hydrogen (secondary N) is 2. The van der Waals surface area contributed by atoms with Gasteiger partial charge in [-0.3, -0.25) is 4.99 Å². The lowest BCUT2D eigenvalue weighted by Gasteiger charge is -2.26. The Hall–Kier alpha value is -2.23. The number of hydrogen-bond acceptors (Lipinski definition) is 2. The van der Waals surface area contributed by atoms with Crippen LogP contribution in [0.5, 0.6) is 0 Å². The molecule has 0 amide bonds. The zero-order chi connectivity index (χ0) is 15.8. The van der Waals surface area contributed by atoms with Crippen molar-refractivity contribution < 1.29 is 4.42 Å². The van der Waals surface area contributed by atoms with E-state index in [1.165, 1.54) is 5.56 Å². The third-order valence-corrected chi connectivity index (χ3v) is 3.72. The topological polar surface area (TPSA) is 49.6 Å². The first-order valence-corrected chi connectivity index (χ1v) is 7.64. The van der Waals surface area contributed by atoms with E-state index in [1.54, 1.807) is 13.3 Å². The van der Waals surface area contributed by atoms with Gasteiger partial charge in [-0.2, -0.15) is 0 Å². The number of guanidine groups is 1. The molecule has 22 heavy (non-hydrogen) atoms. The molecule has 0 aliphatic rings. The van der Waals surface area contributed by atoms with E-state index in [9.17, 15) is 0 Å². The minimum absolute atomic E-state index is 0.0416. The van der Waals surface area contributed by atoms with Crippen LogP contribution in [-0.2, 0) is 11.8 Å². The zero-order valence-corrected chi connectivity index (χ0v) is 13.6. The highest BCUT2D eigenvalue weighted by atomic mass is 16.3. The van der Waals surface area contributed by atoms with Gasteiger partial charge in [0.1, 0.15) is 5.76 Å².